The van der Waals surface area contributed by atoms with Gasteiger partial charge in [-0.1, -0.05) is 45.4 Å². The fourth-order valence-corrected chi connectivity index (χ4v) is 3.52. The fourth-order valence-electron chi connectivity index (χ4n) is 1.32. The van der Waals surface area contributed by atoms with Gasteiger partial charge < -0.3 is 5.73 Å². The summed E-state index contributed by atoms with van der Waals surface area (Å²) in [5.74, 6) is 1.02. The molecule has 0 saturated heterocycles. The highest BCUT2D eigenvalue weighted by Crippen LogP contribution is 2.34. The van der Waals surface area contributed by atoms with Crippen LogP contribution in [-0.4, -0.2) is 12.3 Å². The van der Waals surface area contributed by atoms with Gasteiger partial charge in [-0.2, -0.15) is 0 Å². The molecule has 0 bridgehead atoms. The Bertz CT molecular complexity index is 267. The van der Waals surface area contributed by atoms with E-state index in [1.165, 1.54) is 29.7 Å². The molecule has 0 saturated carbocycles. The van der Waals surface area contributed by atoms with Crippen LogP contribution in [0, 0.1) is 0 Å². The lowest BCUT2D eigenvalue weighted by Crippen LogP contribution is -1.99. The molecule has 0 amide bonds. The maximum Gasteiger partial charge on any atom is 0.0172 e. The molecule has 2 N–H and O–H groups in total. The Morgan fingerprint density at radius 1 is 1.40 bits per heavy atom. The van der Waals surface area contributed by atoms with Crippen molar-refractivity contribution >= 4 is 21.6 Å². The van der Waals surface area contributed by atoms with Gasteiger partial charge in [-0.25, -0.2) is 0 Å². The van der Waals surface area contributed by atoms with Gasteiger partial charge in [0.1, 0.15) is 0 Å². The Hall–Kier alpha value is -0.120. The first-order valence-corrected chi connectivity index (χ1v) is 7.69. The van der Waals surface area contributed by atoms with E-state index in [1.807, 2.05) is 21.6 Å². The van der Waals surface area contributed by atoms with Gasteiger partial charge in [-0.05, 0) is 32.3 Å². The number of hydrogen-bond donors (Lipinski definition) is 1. The van der Waals surface area contributed by atoms with Crippen molar-refractivity contribution in [1.29, 1.82) is 0 Å². The van der Waals surface area contributed by atoms with E-state index >= 15 is 0 Å². The lowest BCUT2D eigenvalue weighted by Gasteiger charge is -2.06. The maximum absolute atomic E-state index is 5.48. The van der Waals surface area contributed by atoms with E-state index in [0.29, 0.717) is 0 Å². The first-order chi connectivity index (χ1) is 7.34. The van der Waals surface area contributed by atoms with Crippen LogP contribution in [0.15, 0.2) is 34.8 Å². The lowest BCUT2D eigenvalue weighted by atomic mass is 10.1. The standard InChI is InChI=1S/C12H19NS2/c1-11-7-5-3-2-4-6-8-12(11)15-14-10-9-13/h2,4,6,8H,3,5,7,9-10,13H2,1H3/b4-2-,8-6+,12-11+. The second-order valence-corrected chi connectivity index (χ2v) is 5.98. The van der Waals surface area contributed by atoms with Crippen LogP contribution in [0.2, 0.25) is 0 Å². The van der Waals surface area contributed by atoms with E-state index in [-0.39, 0.29) is 0 Å². The monoisotopic (exact) mass is 241 g/mol. The van der Waals surface area contributed by atoms with Crippen LogP contribution in [-0.2, 0) is 0 Å². The summed E-state index contributed by atoms with van der Waals surface area (Å²) in [5, 5.41) is 0. The Morgan fingerprint density at radius 3 is 3.07 bits per heavy atom. The third-order valence-electron chi connectivity index (χ3n) is 2.19. The fraction of sp³-hybridized carbons (Fsp3) is 0.500. The van der Waals surface area contributed by atoms with Gasteiger partial charge >= 0.3 is 0 Å². The normalized spacial score (nSPS) is 26.5. The van der Waals surface area contributed by atoms with Crippen LogP contribution in [0.5, 0.6) is 0 Å². The lowest BCUT2D eigenvalue weighted by molar-refractivity contribution is 0.832. The van der Waals surface area contributed by atoms with Crippen molar-refractivity contribution in [3.8, 4) is 0 Å². The molecule has 1 rings (SSSR count). The zero-order valence-corrected chi connectivity index (χ0v) is 10.9. The summed E-state index contributed by atoms with van der Waals surface area (Å²) in [4.78, 5) is 1.40. The largest absolute Gasteiger partial charge is 0.330 e. The average molecular weight is 241 g/mol. The van der Waals surface area contributed by atoms with Crippen molar-refractivity contribution in [2.45, 2.75) is 26.2 Å². The van der Waals surface area contributed by atoms with Crippen molar-refractivity contribution in [3.05, 3.63) is 34.8 Å². The van der Waals surface area contributed by atoms with Crippen molar-refractivity contribution in [2.24, 2.45) is 5.73 Å². The zero-order valence-electron chi connectivity index (χ0n) is 9.24. The van der Waals surface area contributed by atoms with E-state index in [2.05, 4.69) is 31.2 Å². The van der Waals surface area contributed by atoms with E-state index in [4.69, 9.17) is 5.73 Å². The molecule has 0 aromatic rings. The molecule has 15 heavy (non-hydrogen) atoms. The van der Waals surface area contributed by atoms with Crippen molar-refractivity contribution in [1.82, 2.24) is 0 Å². The van der Waals surface area contributed by atoms with Gasteiger partial charge in [0.05, 0.1) is 0 Å². The predicted octanol–water partition coefficient (Wildman–Crippen LogP) is 3.90. The number of allylic oxidation sites excluding steroid dienone is 5. The Morgan fingerprint density at radius 2 is 2.27 bits per heavy atom. The number of nitrogens with two attached hydrogens (primary N) is 1. The average Bonchev–Trinajstić information content (AvgIpc) is 2.33. The van der Waals surface area contributed by atoms with Crippen molar-refractivity contribution in [2.75, 3.05) is 12.3 Å². The second-order valence-electron chi connectivity index (χ2n) is 3.52. The molecule has 3 heteroatoms. The van der Waals surface area contributed by atoms with Gasteiger partial charge in [-0.3, -0.25) is 0 Å². The van der Waals surface area contributed by atoms with Crippen molar-refractivity contribution in [3.63, 3.8) is 0 Å². The molecule has 0 fully saturated rings. The molecule has 0 heterocycles. The molecule has 1 aliphatic carbocycles. The molecule has 0 atom stereocenters. The molecular formula is C12H19NS2. The Balaban J connectivity index is 2.57. The SMILES string of the molecule is C/C1=C(SSCCN)/C=C/C=C\CCC1. The summed E-state index contributed by atoms with van der Waals surface area (Å²) >= 11 is 0. The summed E-state index contributed by atoms with van der Waals surface area (Å²) < 4.78 is 0. The van der Waals surface area contributed by atoms with E-state index in [1.54, 1.807) is 0 Å². The number of rotatable bonds is 4. The smallest absolute Gasteiger partial charge is 0.0172 e. The molecular weight excluding hydrogens is 222 g/mol. The van der Waals surface area contributed by atoms with E-state index < -0.39 is 0 Å². The Kier molecular flexibility index (Phi) is 6.98. The summed E-state index contributed by atoms with van der Waals surface area (Å²) in [6, 6.07) is 0. The quantitative estimate of drug-likeness (QED) is 0.597. The highest BCUT2D eigenvalue weighted by atomic mass is 33.1. The third kappa shape index (κ3) is 5.50. The van der Waals surface area contributed by atoms with E-state index in [0.717, 1.165) is 12.3 Å². The second kappa shape index (κ2) is 8.08. The van der Waals surface area contributed by atoms with E-state index in [9.17, 15) is 0 Å². The summed E-state index contributed by atoms with van der Waals surface area (Å²) in [7, 11) is 3.70. The van der Waals surface area contributed by atoms with Crippen LogP contribution in [0.25, 0.3) is 0 Å². The Labute approximate surface area is 101 Å². The third-order valence-corrected chi connectivity index (χ3v) is 4.76. The molecule has 1 nitrogen and oxygen atoms in total. The molecule has 0 aromatic heterocycles. The molecule has 0 aromatic carbocycles. The minimum Gasteiger partial charge on any atom is -0.330 e. The highest BCUT2D eigenvalue weighted by Gasteiger charge is 2.01. The molecule has 0 spiro atoms. The van der Waals surface area contributed by atoms with Gasteiger partial charge in [-0.15, -0.1) is 0 Å². The van der Waals surface area contributed by atoms with Gasteiger partial charge in [0.15, 0.2) is 0 Å². The van der Waals surface area contributed by atoms with Crippen LogP contribution in [0.3, 0.4) is 0 Å². The summed E-state index contributed by atoms with van der Waals surface area (Å²) in [5.41, 5.74) is 6.98. The number of hydrogen-bond acceptors (Lipinski definition) is 3. The molecule has 0 unspecified atom stereocenters. The van der Waals surface area contributed by atoms with Gasteiger partial charge in [0, 0.05) is 17.2 Å². The molecule has 84 valence electrons. The highest BCUT2D eigenvalue weighted by molar-refractivity contribution is 8.78. The molecule has 0 aliphatic heterocycles. The van der Waals surface area contributed by atoms with Gasteiger partial charge in [0.25, 0.3) is 0 Å². The predicted molar refractivity (Wildman–Crippen MR) is 73.9 cm³/mol. The van der Waals surface area contributed by atoms with Crippen LogP contribution < -0.4 is 5.73 Å². The topological polar surface area (TPSA) is 26.0 Å². The summed E-state index contributed by atoms with van der Waals surface area (Å²) in [6.45, 7) is 2.99. The van der Waals surface area contributed by atoms with Crippen LogP contribution in [0.1, 0.15) is 26.2 Å². The van der Waals surface area contributed by atoms with Crippen LogP contribution >= 0.6 is 21.6 Å². The van der Waals surface area contributed by atoms with Gasteiger partial charge in [0.2, 0.25) is 0 Å². The minimum atomic E-state index is 0.758. The maximum atomic E-state index is 5.48. The molecule has 1 aliphatic rings. The first-order valence-electron chi connectivity index (χ1n) is 5.37. The molecule has 0 radical (unpaired) electrons. The van der Waals surface area contributed by atoms with Crippen molar-refractivity contribution < 1.29 is 0 Å². The minimum absolute atomic E-state index is 0.758. The first kappa shape index (κ1) is 12.9. The van der Waals surface area contributed by atoms with Crippen LogP contribution in [0.4, 0.5) is 0 Å². The summed E-state index contributed by atoms with van der Waals surface area (Å²) in [6.07, 6.45) is 12.4. The zero-order chi connectivity index (χ0) is 10.9.